The molecule has 23 heavy (non-hydrogen) atoms. The van der Waals surface area contributed by atoms with Crippen LogP contribution in [0.3, 0.4) is 0 Å². The fourth-order valence-corrected chi connectivity index (χ4v) is 2.27. The number of carbonyl (C=O) groups excluding carboxylic acids is 1. The van der Waals surface area contributed by atoms with Gasteiger partial charge in [0.05, 0.1) is 25.4 Å². The number of aryl methyl sites for hydroxylation is 3. The van der Waals surface area contributed by atoms with Gasteiger partial charge in [-0.2, -0.15) is 0 Å². The first-order valence-corrected chi connectivity index (χ1v) is 8.39. The van der Waals surface area contributed by atoms with Gasteiger partial charge in [-0.3, -0.25) is 4.52 Å². The van der Waals surface area contributed by atoms with Crippen LogP contribution in [0.25, 0.3) is 0 Å². The molecule has 0 heterocycles. The Morgan fingerprint density at radius 3 is 2.26 bits per heavy atom. The predicted octanol–water partition coefficient (Wildman–Crippen LogP) is 2.20. The molecule has 1 rings (SSSR count). The van der Waals surface area contributed by atoms with E-state index in [1.165, 1.54) is 0 Å². The highest BCUT2D eigenvalue weighted by atomic mass is 31.2. The van der Waals surface area contributed by atoms with Crippen LogP contribution in [-0.4, -0.2) is 35.6 Å². The van der Waals surface area contributed by atoms with Crippen molar-refractivity contribution in [2.45, 2.75) is 20.8 Å². The van der Waals surface area contributed by atoms with Crippen molar-refractivity contribution in [2.75, 3.05) is 19.8 Å². The number of carbonyl (C=O) groups is 1. The molecule has 0 aromatic heterocycles. The van der Waals surface area contributed by atoms with E-state index < -0.39 is 13.8 Å². The first-order chi connectivity index (χ1) is 10.6. The molecule has 1 aromatic carbocycles. The van der Waals surface area contributed by atoms with Gasteiger partial charge < -0.3 is 19.3 Å². The zero-order chi connectivity index (χ0) is 17.6. The van der Waals surface area contributed by atoms with E-state index in [4.69, 9.17) is 19.3 Å². The minimum absolute atomic E-state index is 0.0833. The van der Waals surface area contributed by atoms with E-state index in [0.29, 0.717) is 5.75 Å². The summed E-state index contributed by atoms with van der Waals surface area (Å²) in [5.41, 5.74) is 2.87. The van der Waals surface area contributed by atoms with Gasteiger partial charge in [-0.15, -0.1) is 0 Å². The maximum absolute atomic E-state index is 12.0. The summed E-state index contributed by atoms with van der Waals surface area (Å²) in [5, 5.41) is 0. The van der Waals surface area contributed by atoms with E-state index in [2.05, 4.69) is 11.1 Å². The Bertz CT molecular complexity index is 610. The third kappa shape index (κ3) is 7.07. The summed E-state index contributed by atoms with van der Waals surface area (Å²) < 4.78 is 25.0. The van der Waals surface area contributed by atoms with E-state index in [0.717, 1.165) is 16.7 Å². The van der Waals surface area contributed by atoms with Gasteiger partial charge in [0.15, 0.2) is 0 Å². The summed E-state index contributed by atoms with van der Waals surface area (Å²) >= 11 is 0. The Morgan fingerprint density at radius 1 is 1.17 bits per heavy atom. The number of hydrogen-bond donors (Lipinski definition) is 2. The Morgan fingerprint density at radius 2 is 1.74 bits per heavy atom. The standard InChI is InChI=1S/C15H21O7P/c1-10-7-11(2)14(12(3)8-10)22-15(16)13(4)9-20-5-6-21-23(17,18)19/h7-8H,4-6,9H2,1-3H3,(H2,17,18,19). The molecular formula is C15H21O7P. The van der Waals surface area contributed by atoms with Crippen molar-refractivity contribution in [1.29, 1.82) is 0 Å². The molecule has 0 bridgehead atoms. The van der Waals surface area contributed by atoms with Crippen LogP contribution < -0.4 is 4.74 Å². The Labute approximate surface area is 135 Å². The fraction of sp³-hybridized carbons (Fsp3) is 0.400. The highest BCUT2D eigenvalue weighted by Crippen LogP contribution is 2.35. The first-order valence-electron chi connectivity index (χ1n) is 6.86. The van der Waals surface area contributed by atoms with Gasteiger partial charge in [0.2, 0.25) is 0 Å². The topological polar surface area (TPSA) is 102 Å². The summed E-state index contributed by atoms with van der Waals surface area (Å²) in [4.78, 5) is 29.0. The van der Waals surface area contributed by atoms with Crippen LogP contribution in [-0.2, 0) is 18.6 Å². The number of ether oxygens (including phenoxy) is 2. The van der Waals surface area contributed by atoms with Crippen molar-refractivity contribution < 1.29 is 33.1 Å². The Balaban J connectivity index is 2.46. The SMILES string of the molecule is C=C(COCCOP(=O)(O)O)C(=O)Oc1c(C)cc(C)cc1C. The molecule has 0 aliphatic rings. The van der Waals surface area contributed by atoms with Crippen LogP contribution in [0.1, 0.15) is 16.7 Å². The van der Waals surface area contributed by atoms with Gasteiger partial charge in [-0.25, -0.2) is 9.36 Å². The van der Waals surface area contributed by atoms with Gasteiger partial charge in [0, 0.05) is 0 Å². The van der Waals surface area contributed by atoms with Gasteiger partial charge in [0.1, 0.15) is 5.75 Å². The second kappa shape index (κ2) is 8.38. The minimum atomic E-state index is -4.50. The van der Waals surface area contributed by atoms with Crippen LogP contribution in [0.15, 0.2) is 24.3 Å². The van der Waals surface area contributed by atoms with Gasteiger partial charge in [-0.1, -0.05) is 24.3 Å². The third-order valence-electron chi connectivity index (χ3n) is 2.85. The lowest BCUT2D eigenvalue weighted by atomic mass is 10.1. The molecule has 0 unspecified atom stereocenters. The quantitative estimate of drug-likeness (QED) is 0.245. The zero-order valence-electron chi connectivity index (χ0n) is 13.4. The zero-order valence-corrected chi connectivity index (χ0v) is 14.3. The van der Waals surface area contributed by atoms with Crippen molar-refractivity contribution in [1.82, 2.24) is 0 Å². The molecule has 1 aromatic rings. The average Bonchev–Trinajstić information content (AvgIpc) is 2.40. The molecule has 0 aliphatic heterocycles. The number of hydrogen-bond acceptors (Lipinski definition) is 5. The van der Waals surface area contributed by atoms with Crippen molar-refractivity contribution in [2.24, 2.45) is 0 Å². The largest absolute Gasteiger partial charge is 0.469 e. The summed E-state index contributed by atoms with van der Waals surface area (Å²) in [7, 11) is -4.50. The Hall–Kier alpha value is -1.50. The molecule has 0 saturated carbocycles. The van der Waals surface area contributed by atoms with Crippen molar-refractivity contribution in [3.63, 3.8) is 0 Å². The second-order valence-corrected chi connectivity index (χ2v) is 6.34. The molecule has 2 N–H and O–H groups in total. The van der Waals surface area contributed by atoms with Crippen LogP contribution >= 0.6 is 7.82 Å². The van der Waals surface area contributed by atoms with Crippen molar-refractivity contribution >= 4 is 13.8 Å². The third-order valence-corrected chi connectivity index (χ3v) is 3.37. The van der Waals surface area contributed by atoms with Crippen LogP contribution in [0.4, 0.5) is 0 Å². The summed E-state index contributed by atoms with van der Waals surface area (Å²) in [6.45, 7) is 8.74. The van der Waals surface area contributed by atoms with E-state index in [1.54, 1.807) is 0 Å². The summed E-state index contributed by atoms with van der Waals surface area (Å²) in [5.74, 6) is -0.123. The Kier molecular flexibility index (Phi) is 7.12. The van der Waals surface area contributed by atoms with Crippen molar-refractivity contribution in [3.8, 4) is 5.75 Å². The van der Waals surface area contributed by atoms with E-state index in [-0.39, 0.29) is 25.4 Å². The molecule has 0 spiro atoms. The van der Waals surface area contributed by atoms with Crippen LogP contribution in [0, 0.1) is 20.8 Å². The maximum Gasteiger partial charge on any atom is 0.469 e. The van der Waals surface area contributed by atoms with Crippen molar-refractivity contribution in [3.05, 3.63) is 41.0 Å². The van der Waals surface area contributed by atoms with Gasteiger partial charge >= 0.3 is 13.8 Å². The smallest absolute Gasteiger partial charge is 0.423 e. The normalized spacial score (nSPS) is 11.3. The van der Waals surface area contributed by atoms with E-state index in [1.807, 2.05) is 32.9 Å². The lowest BCUT2D eigenvalue weighted by Crippen LogP contribution is -2.17. The lowest BCUT2D eigenvalue weighted by Gasteiger charge is -2.13. The minimum Gasteiger partial charge on any atom is -0.423 e. The van der Waals surface area contributed by atoms with Gasteiger partial charge in [0.25, 0.3) is 0 Å². The predicted molar refractivity (Wildman–Crippen MR) is 84.2 cm³/mol. The molecule has 0 atom stereocenters. The summed E-state index contributed by atoms with van der Waals surface area (Å²) in [6.07, 6.45) is 0. The number of benzene rings is 1. The molecule has 0 saturated heterocycles. The average molecular weight is 344 g/mol. The molecule has 0 aliphatic carbocycles. The fourth-order valence-electron chi connectivity index (χ4n) is 1.96. The monoisotopic (exact) mass is 344 g/mol. The first kappa shape index (κ1) is 19.5. The van der Waals surface area contributed by atoms with E-state index >= 15 is 0 Å². The molecule has 0 amide bonds. The number of esters is 1. The second-order valence-electron chi connectivity index (χ2n) is 5.10. The summed E-state index contributed by atoms with van der Waals surface area (Å²) in [6, 6.07) is 3.82. The lowest BCUT2D eigenvalue weighted by molar-refractivity contribution is -0.130. The molecule has 0 radical (unpaired) electrons. The molecular weight excluding hydrogens is 323 g/mol. The molecule has 7 nitrogen and oxygen atoms in total. The maximum atomic E-state index is 12.0. The van der Waals surface area contributed by atoms with Gasteiger partial charge in [-0.05, 0) is 31.9 Å². The number of phosphoric acid groups is 1. The highest BCUT2D eigenvalue weighted by molar-refractivity contribution is 7.46. The molecule has 0 fully saturated rings. The van der Waals surface area contributed by atoms with Crippen LogP contribution in [0.2, 0.25) is 0 Å². The highest BCUT2D eigenvalue weighted by Gasteiger charge is 2.15. The number of rotatable bonds is 8. The molecule has 8 heteroatoms. The molecule has 128 valence electrons. The van der Waals surface area contributed by atoms with Crippen LogP contribution in [0.5, 0.6) is 5.75 Å². The number of phosphoric ester groups is 1. The van der Waals surface area contributed by atoms with E-state index in [9.17, 15) is 9.36 Å².